The highest BCUT2D eigenvalue weighted by atomic mass is 127. The molecule has 92 valence electrons. The summed E-state index contributed by atoms with van der Waals surface area (Å²) >= 11 is 5.92. The number of carboxylic acids is 1. The van der Waals surface area contributed by atoms with Crippen molar-refractivity contribution in [3.8, 4) is 0 Å². The number of halogens is 3. The zero-order chi connectivity index (χ0) is 13.2. The summed E-state index contributed by atoms with van der Waals surface area (Å²) in [5.74, 6) is -1.25. The zero-order valence-corrected chi connectivity index (χ0v) is 15.2. The summed E-state index contributed by atoms with van der Waals surface area (Å²) < 4.78 is 1.88. The summed E-state index contributed by atoms with van der Waals surface area (Å²) in [5, 5.41) is 11.8. The number of rotatable bonds is 3. The van der Waals surface area contributed by atoms with Crippen LogP contribution in [-0.4, -0.2) is 23.5 Å². The summed E-state index contributed by atoms with van der Waals surface area (Å²) in [4.78, 5) is 23.0. The molecule has 0 aromatic heterocycles. The second kappa shape index (κ2) is 6.50. The Hall–Kier alpha value is 0.350. The van der Waals surface area contributed by atoms with Crippen LogP contribution < -0.4 is 5.32 Å². The molecule has 0 radical (unpaired) electrons. The number of aromatic carboxylic acids is 1. The molecule has 0 saturated heterocycles. The van der Waals surface area contributed by atoms with Crippen LogP contribution in [0.4, 0.5) is 0 Å². The molecule has 1 aromatic carbocycles. The van der Waals surface area contributed by atoms with E-state index in [1.165, 1.54) is 0 Å². The average molecular weight is 571 g/mol. The molecule has 1 aromatic rings. The molecule has 0 heterocycles. The van der Waals surface area contributed by atoms with Crippen LogP contribution in [0.3, 0.4) is 0 Å². The molecule has 4 nitrogen and oxygen atoms in total. The summed E-state index contributed by atoms with van der Waals surface area (Å²) in [6, 6.07) is 1.71. The van der Waals surface area contributed by atoms with Crippen molar-refractivity contribution in [1.29, 1.82) is 0 Å². The fraction of sp³-hybridized carbons (Fsp3) is 0.200. The molecule has 0 saturated carbocycles. The van der Waals surface area contributed by atoms with Gasteiger partial charge in [-0.25, -0.2) is 4.79 Å². The fourth-order valence-electron chi connectivity index (χ4n) is 1.24. The summed E-state index contributed by atoms with van der Waals surface area (Å²) in [6.07, 6.45) is 0. The van der Waals surface area contributed by atoms with Crippen LogP contribution in [0.15, 0.2) is 6.07 Å². The third-order valence-electron chi connectivity index (χ3n) is 1.95. The molecule has 0 aliphatic heterocycles. The van der Waals surface area contributed by atoms with Crippen molar-refractivity contribution in [3.05, 3.63) is 27.9 Å². The Morgan fingerprint density at radius 2 is 1.76 bits per heavy atom. The predicted octanol–water partition coefficient (Wildman–Crippen LogP) is 2.95. The molecule has 0 atom stereocenters. The van der Waals surface area contributed by atoms with Gasteiger partial charge in [-0.15, -0.1) is 0 Å². The first-order valence-electron chi connectivity index (χ1n) is 4.59. The molecule has 0 fully saturated rings. The standard InChI is InChI=1S/C10H8I3NO3/c1-2-14-9(15)6-4(11)3-5(12)7(8(6)13)10(16)17/h3H,2H2,1H3,(H,14,15)(H,16,17). The topological polar surface area (TPSA) is 66.4 Å². The number of carboxylic acid groups (broad SMARTS) is 1. The highest BCUT2D eigenvalue weighted by molar-refractivity contribution is 14.1. The maximum atomic E-state index is 11.9. The summed E-state index contributed by atoms with van der Waals surface area (Å²) in [7, 11) is 0. The van der Waals surface area contributed by atoms with Crippen LogP contribution in [0, 0.1) is 10.7 Å². The molecular formula is C10H8I3NO3. The van der Waals surface area contributed by atoms with Gasteiger partial charge in [-0.2, -0.15) is 0 Å². The van der Waals surface area contributed by atoms with Gasteiger partial charge in [-0.05, 0) is 80.8 Å². The van der Waals surface area contributed by atoms with Crippen LogP contribution in [0.25, 0.3) is 0 Å². The van der Waals surface area contributed by atoms with Crippen molar-refractivity contribution in [2.75, 3.05) is 6.54 Å². The van der Waals surface area contributed by atoms with Gasteiger partial charge in [0.1, 0.15) is 0 Å². The third kappa shape index (κ3) is 3.43. The normalized spacial score (nSPS) is 10.1. The average Bonchev–Trinajstić information content (AvgIpc) is 2.15. The van der Waals surface area contributed by atoms with E-state index in [1.807, 2.05) is 74.7 Å². The highest BCUT2D eigenvalue weighted by Gasteiger charge is 2.22. The smallest absolute Gasteiger partial charge is 0.337 e. The van der Waals surface area contributed by atoms with Gasteiger partial charge in [-0.1, -0.05) is 0 Å². The van der Waals surface area contributed by atoms with Crippen molar-refractivity contribution < 1.29 is 14.7 Å². The molecule has 0 aliphatic rings. The van der Waals surface area contributed by atoms with Gasteiger partial charge in [-0.3, -0.25) is 4.79 Å². The lowest BCUT2D eigenvalue weighted by Crippen LogP contribution is -2.26. The van der Waals surface area contributed by atoms with Gasteiger partial charge in [0.05, 0.1) is 11.1 Å². The minimum atomic E-state index is -1.01. The van der Waals surface area contributed by atoms with Crippen LogP contribution >= 0.6 is 67.8 Å². The van der Waals surface area contributed by atoms with Crippen LogP contribution in [0.1, 0.15) is 27.6 Å². The van der Waals surface area contributed by atoms with E-state index < -0.39 is 5.97 Å². The minimum absolute atomic E-state index is 0.188. The lowest BCUT2D eigenvalue weighted by atomic mass is 10.1. The first-order chi connectivity index (χ1) is 7.90. The molecule has 0 bridgehead atoms. The van der Waals surface area contributed by atoms with Crippen molar-refractivity contribution in [2.45, 2.75) is 6.92 Å². The molecule has 7 heteroatoms. The first-order valence-corrected chi connectivity index (χ1v) is 7.82. The quantitative estimate of drug-likeness (QED) is 0.550. The molecular weight excluding hydrogens is 563 g/mol. The van der Waals surface area contributed by atoms with E-state index in [-0.39, 0.29) is 11.5 Å². The summed E-state index contributed by atoms with van der Waals surface area (Å²) in [6.45, 7) is 2.34. The Morgan fingerprint density at radius 1 is 1.24 bits per heavy atom. The molecule has 0 aliphatic carbocycles. The van der Waals surface area contributed by atoms with E-state index in [2.05, 4.69) is 5.32 Å². The number of hydrogen-bond donors (Lipinski definition) is 2. The van der Waals surface area contributed by atoms with Gasteiger partial charge in [0.15, 0.2) is 0 Å². The van der Waals surface area contributed by atoms with E-state index in [1.54, 1.807) is 6.07 Å². The maximum absolute atomic E-state index is 11.9. The Balaban J connectivity index is 3.46. The number of nitrogens with one attached hydrogen (secondary N) is 1. The number of hydrogen-bond acceptors (Lipinski definition) is 2. The first kappa shape index (κ1) is 15.4. The zero-order valence-electron chi connectivity index (χ0n) is 8.68. The predicted molar refractivity (Wildman–Crippen MR) is 89.6 cm³/mol. The van der Waals surface area contributed by atoms with Crippen molar-refractivity contribution >= 4 is 79.6 Å². The Morgan fingerprint density at radius 3 is 2.24 bits per heavy atom. The van der Waals surface area contributed by atoms with Gasteiger partial charge < -0.3 is 10.4 Å². The monoisotopic (exact) mass is 571 g/mol. The van der Waals surface area contributed by atoms with Gasteiger partial charge in [0.2, 0.25) is 0 Å². The minimum Gasteiger partial charge on any atom is -0.478 e. The molecule has 2 N–H and O–H groups in total. The number of carbonyl (C=O) groups is 2. The molecule has 1 rings (SSSR count). The Bertz CT molecular complexity index is 488. The van der Waals surface area contributed by atoms with Crippen LogP contribution in [0.5, 0.6) is 0 Å². The molecule has 1 amide bonds. The molecule has 17 heavy (non-hydrogen) atoms. The third-order valence-corrected chi connectivity index (χ3v) is 4.73. The van der Waals surface area contributed by atoms with Gasteiger partial charge in [0.25, 0.3) is 5.91 Å². The van der Waals surface area contributed by atoms with Crippen LogP contribution in [-0.2, 0) is 0 Å². The summed E-state index contributed by atoms with van der Waals surface area (Å²) in [5.41, 5.74) is 0.624. The van der Waals surface area contributed by atoms with E-state index in [0.717, 1.165) is 3.57 Å². The van der Waals surface area contributed by atoms with E-state index in [0.29, 0.717) is 19.2 Å². The lowest BCUT2D eigenvalue weighted by Gasteiger charge is -2.11. The van der Waals surface area contributed by atoms with Crippen LogP contribution in [0.2, 0.25) is 0 Å². The SMILES string of the molecule is CCNC(=O)c1c(I)cc(I)c(C(=O)O)c1I. The maximum Gasteiger partial charge on any atom is 0.337 e. The van der Waals surface area contributed by atoms with Gasteiger partial charge in [0, 0.05) is 17.3 Å². The van der Waals surface area contributed by atoms with Gasteiger partial charge >= 0.3 is 5.97 Å². The van der Waals surface area contributed by atoms with Crippen molar-refractivity contribution in [1.82, 2.24) is 5.32 Å². The van der Waals surface area contributed by atoms with E-state index in [9.17, 15) is 9.59 Å². The Kier molecular flexibility index (Phi) is 5.89. The number of carbonyl (C=O) groups excluding carboxylic acids is 1. The molecule has 0 spiro atoms. The number of amides is 1. The largest absolute Gasteiger partial charge is 0.478 e. The lowest BCUT2D eigenvalue weighted by molar-refractivity contribution is 0.0694. The second-order valence-electron chi connectivity index (χ2n) is 3.07. The second-order valence-corrected chi connectivity index (χ2v) is 6.47. The fourth-order valence-corrected chi connectivity index (χ4v) is 5.57. The van der Waals surface area contributed by atoms with E-state index >= 15 is 0 Å². The molecule has 0 unspecified atom stereocenters. The number of benzene rings is 1. The van der Waals surface area contributed by atoms with E-state index in [4.69, 9.17) is 5.11 Å². The highest BCUT2D eigenvalue weighted by Crippen LogP contribution is 2.27. The van der Waals surface area contributed by atoms with Crippen molar-refractivity contribution in [2.24, 2.45) is 0 Å². The Labute approximate surface area is 139 Å². The van der Waals surface area contributed by atoms with Crippen molar-refractivity contribution in [3.63, 3.8) is 0 Å².